The van der Waals surface area contributed by atoms with Crippen molar-refractivity contribution in [3.8, 4) is 22.7 Å². The third-order valence-corrected chi connectivity index (χ3v) is 5.49. The molecule has 0 fully saturated rings. The van der Waals surface area contributed by atoms with Crippen molar-refractivity contribution < 1.29 is 24.0 Å². The van der Waals surface area contributed by atoms with Crippen LogP contribution in [0.15, 0.2) is 84.8 Å². The number of allylic oxidation sites excluding steroid dienone is 1. The summed E-state index contributed by atoms with van der Waals surface area (Å²) in [5.74, 6) is -0.484. The Morgan fingerprint density at radius 3 is 2.51 bits per heavy atom. The van der Waals surface area contributed by atoms with Gasteiger partial charge in [-0.2, -0.15) is 5.10 Å². The van der Waals surface area contributed by atoms with E-state index in [1.165, 1.54) is 31.4 Å². The number of ether oxygens (including phenoxy) is 2. The monoisotopic (exact) mass is 467 g/mol. The molecule has 0 aliphatic carbocycles. The van der Waals surface area contributed by atoms with Crippen LogP contribution in [-0.4, -0.2) is 33.6 Å². The summed E-state index contributed by atoms with van der Waals surface area (Å²) in [6.07, 6.45) is 3.31. The first-order valence-corrected chi connectivity index (χ1v) is 10.5. The average molecular weight is 467 g/mol. The molecule has 3 aromatic carbocycles. The summed E-state index contributed by atoms with van der Waals surface area (Å²) in [5, 5.41) is 15.7. The molecular formula is C26H17N3O6. The molecule has 2 heterocycles. The lowest BCUT2D eigenvalue weighted by atomic mass is 10.0. The number of esters is 1. The van der Waals surface area contributed by atoms with Crippen LogP contribution in [0.5, 0.6) is 5.75 Å². The van der Waals surface area contributed by atoms with Crippen molar-refractivity contribution in [2.45, 2.75) is 0 Å². The normalized spacial score (nSPS) is 13.4. The number of rotatable bonds is 5. The highest BCUT2D eigenvalue weighted by Gasteiger charge is 2.29. The maximum Gasteiger partial charge on any atom is 0.337 e. The SMILES string of the molecule is COC(=O)c1ccc2c(c1)C(=O)/C(=C/c1cn(-c3ccc([N+](=O)[O-])cc3)nc1-c1ccccc1)O2. The van der Waals surface area contributed by atoms with Gasteiger partial charge in [-0.1, -0.05) is 30.3 Å². The topological polar surface area (TPSA) is 114 Å². The van der Waals surface area contributed by atoms with Gasteiger partial charge in [-0.15, -0.1) is 0 Å². The van der Waals surface area contributed by atoms with E-state index in [0.29, 0.717) is 22.7 Å². The maximum absolute atomic E-state index is 13.1. The van der Waals surface area contributed by atoms with Crippen LogP contribution < -0.4 is 4.74 Å². The van der Waals surface area contributed by atoms with Gasteiger partial charge in [0.15, 0.2) is 5.76 Å². The van der Waals surface area contributed by atoms with Crippen LogP contribution in [0.1, 0.15) is 26.3 Å². The molecule has 5 rings (SSSR count). The number of Topliss-reactive ketones (excluding diaryl/α,β-unsaturated/α-hetero) is 1. The Morgan fingerprint density at radius 1 is 1.09 bits per heavy atom. The predicted octanol–water partition coefficient (Wildman–Crippen LogP) is 4.85. The Labute approximate surface area is 199 Å². The van der Waals surface area contributed by atoms with Crippen molar-refractivity contribution in [1.29, 1.82) is 0 Å². The molecule has 35 heavy (non-hydrogen) atoms. The highest BCUT2D eigenvalue weighted by Crippen LogP contribution is 2.34. The van der Waals surface area contributed by atoms with Crippen molar-refractivity contribution in [3.63, 3.8) is 0 Å². The molecule has 1 aliphatic rings. The summed E-state index contributed by atoms with van der Waals surface area (Å²) in [6.45, 7) is 0. The van der Waals surface area contributed by atoms with Gasteiger partial charge in [0.25, 0.3) is 5.69 Å². The lowest BCUT2D eigenvalue weighted by Crippen LogP contribution is -2.03. The molecule has 4 aromatic rings. The number of hydrogen-bond donors (Lipinski definition) is 0. The van der Waals surface area contributed by atoms with Crippen LogP contribution in [0.4, 0.5) is 5.69 Å². The number of fused-ring (bicyclic) bond motifs is 1. The largest absolute Gasteiger partial charge is 0.465 e. The summed E-state index contributed by atoms with van der Waals surface area (Å²) in [5.41, 5.74) is 3.13. The van der Waals surface area contributed by atoms with E-state index in [-0.39, 0.29) is 28.4 Å². The van der Waals surface area contributed by atoms with Crippen molar-refractivity contribution >= 4 is 23.5 Å². The number of non-ortho nitro benzene ring substituents is 1. The van der Waals surface area contributed by atoms with E-state index in [0.717, 1.165) is 5.56 Å². The molecule has 0 amide bonds. The summed E-state index contributed by atoms with van der Waals surface area (Å²) in [4.78, 5) is 35.4. The minimum absolute atomic E-state index is 0.0272. The second-order valence-corrected chi connectivity index (χ2v) is 7.66. The molecule has 1 aliphatic heterocycles. The Kier molecular flexibility index (Phi) is 5.42. The molecule has 0 spiro atoms. The molecule has 0 saturated carbocycles. The summed E-state index contributed by atoms with van der Waals surface area (Å²) in [6, 6.07) is 19.9. The van der Waals surface area contributed by atoms with Crippen LogP contribution in [0.25, 0.3) is 23.0 Å². The van der Waals surface area contributed by atoms with Crippen molar-refractivity contribution in [1.82, 2.24) is 9.78 Å². The van der Waals surface area contributed by atoms with Crippen molar-refractivity contribution in [2.24, 2.45) is 0 Å². The molecule has 0 unspecified atom stereocenters. The van der Waals surface area contributed by atoms with Crippen LogP contribution in [-0.2, 0) is 4.74 Å². The molecule has 9 heteroatoms. The second kappa shape index (κ2) is 8.71. The van der Waals surface area contributed by atoms with Crippen LogP contribution in [0.3, 0.4) is 0 Å². The summed E-state index contributed by atoms with van der Waals surface area (Å²) >= 11 is 0. The fraction of sp³-hybridized carbons (Fsp3) is 0.0385. The highest BCUT2D eigenvalue weighted by atomic mass is 16.6. The van der Waals surface area contributed by atoms with Crippen LogP contribution in [0.2, 0.25) is 0 Å². The standard InChI is InChI=1S/C26H17N3O6/c1-34-26(31)17-7-12-22-21(13-17)25(30)23(35-22)14-18-15-28(19-8-10-20(11-9-19)29(32)33)27-24(18)16-5-3-2-4-6-16/h2-15H,1H3/b23-14-. The lowest BCUT2D eigenvalue weighted by molar-refractivity contribution is -0.384. The van der Waals surface area contributed by atoms with Gasteiger partial charge in [-0.05, 0) is 36.4 Å². The Morgan fingerprint density at radius 2 is 1.83 bits per heavy atom. The molecule has 0 bridgehead atoms. The minimum Gasteiger partial charge on any atom is -0.465 e. The molecule has 0 atom stereocenters. The van der Waals surface area contributed by atoms with Gasteiger partial charge < -0.3 is 9.47 Å². The zero-order valence-electron chi connectivity index (χ0n) is 18.4. The van der Waals surface area contributed by atoms with E-state index in [1.807, 2.05) is 30.3 Å². The van der Waals surface area contributed by atoms with Crippen LogP contribution in [0, 0.1) is 10.1 Å². The first-order chi connectivity index (χ1) is 16.9. The Bertz CT molecular complexity index is 1500. The van der Waals surface area contributed by atoms with Gasteiger partial charge >= 0.3 is 5.97 Å². The maximum atomic E-state index is 13.1. The number of nitro benzene ring substituents is 1. The first kappa shape index (κ1) is 21.8. The van der Waals surface area contributed by atoms with Gasteiger partial charge in [0.1, 0.15) is 11.4 Å². The number of nitrogens with zero attached hydrogens (tertiary/aromatic N) is 3. The number of aromatic nitrogens is 2. The molecule has 9 nitrogen and oxygen atoms in total. The first-order valence-electron chi connectivity index (χ1n) is 10.5. The number of hydrogen-bond acceptors (Lipinski definition) is 7. The van der Waals surface area contributed by atoms with E-state index >= 15 is 0 Å². The third-order valence-electron chi connectivity index (χ3n) is 5.49. The van der Waals surface area contributed by atoms with E-state index < -0.39 is 10.9 Å². The third kappa shape index (κ3) is 4.06. The molecule has 1 aromatic heterocycles. The molecule has 0 N–H and O–H groups in total. The second-order valence-electron chi connectivity index (χ2n) is 7.66. The van der Waals surface area contributed by atoms with Gasteiger partial charge in [-0.25, -0.2) is 9.48 Å². The van der Waals surface area contributed by atoms with E-state index in [9.17, 15) is 19.7 Å². The quantitative estimate of drug-likeness (QED) is 0.178. The zero-order chi connectivity index (χ0) is 24.5. The fourth-order valence-electron chi connectivity index (χ4n) is 3.75. The summed E-state index contributed by atoms with van der Waals surface area (Å²) < 4.78 is 12.1. The lowest BCUT2D eigenvalue weighted by Gasteiger charge is -2.01. The number of nitro groups is 1. The Balaban J connectivity index is 1.56. The highest BCUT2D eigenvalue weighted by molar-refractivity contribution is 6.15. The average Bonchev–Trinajstić information content (AvgIpc) is 3.45. The number of carbonyl (C=O) groups is 2. The van der Waals surface area contributed by atoms with Crippen LogP contribution >= 0.6 is 0 Å². The van der Waals surface area contributed by atoms with Gasteiger partial charge in [0.05, 0.1) is 28.8 Å². The van der Waals surface area contributed by atoms with Crippen molar-refractivity contribution in [3.05, 3.63) is 112 Å². The van der Waals surface area contributed by atoms with Crippen molar-refractivity contribution in [2.75, 3.05) is 7.11 Å². The predicted molar refractivity (Wildman–Crippen MR) is 126 cm³/mol. The molecule has 0 saturated heterocycles. The number of benzene rings is 3. The van der Waals surface area contributed by atoms with Gasteiger partial charge in [0, 0.05) is 29.5 Å². The zero-order valence-corrected chi connectivity index (χ0v) is 18.4. The molecule has 172 valence electrons. The van der Waals surface area contributed by atoms with Gasteiger partial charge in [-0.3, -0.25) is 14.9 Å². The fourth-order valence-corrected chi connectivity index (χ4v) is 3.75. The molecular weight excluding hydrogens is 450 g/mol. The number of ketones is 1. The van der Waals surface area contributed by atoms with Gasteiger partial charge in [0.2, 0.25) is 5.78 Å². The molecule has 0 radical (unpaired) electrons. The number of carbonyl (C=O) groups excluding carboxylic acids is 2. The van der Waals surface area contributed by atoms with E-state index in [4.69, 9.17) is 9.47 Å². The Hall–Kier alpha value is -5.05. The minimum atomic E-state index is -0.547. The van der Waals surface area contributed by atoms with E-state index in [1.54, 1.807) is 35.2 Å². The number of methoxy groups -OCH3 is 1. The summed E-state index contributed by atoms with van der Waals surface area (Å²) in [7, 11) is 1.27. The van der Waals surface area contributed by atoms with E-state index in [2.05, 4.69) is 5.10 Å². The smallest absolute Gasteiger partial charge is 0.337 e.